The molecule has 1 aliphatic rings. The van der Waals surface area contributed by atoms with Crippen molar-refractivity contribution in [2.45, 2.75) is 13.0 Å². The highest BCUT2D eigenvalue weighted by Gasteiger charge is 2.33. The fourth-order valence-electron chi connectivity index (χ4n) is 3.27. The molecule has 140 valence electrons. The molecule has 0 fully saturated rings. The number of hydrogen-bond acceptors (Lipinski definition) is 4. The predicted octanol–water partition coefficient (Wildman–Crippen LogP) is 4.59. The van der Waals surface area contributed by atoms with Crippen LogP contribution >= 0.6 is 0 Å². The van der Waals surface area contributed by atoms with Gasteiger partial charge in [0.05, 0.1) is 18.4 Å². The smallest absolute Gasteiger partial charge is 0.337 e. The average molecular weight is 373 g/mol. The van der Waals surface area contributed by atoms with Gasteiger partial charge in [0.25, 0.3) is 5.91 Å². The molecular formula is C23H19NO4. The molecule has 0 N–H and O–H groups in total. The summed E-state index contributed by atoms with van der Waals surface area (Å²) >= 11 is 0. The number of methoxy groups -OCH3 is 1. The van der Waals surface area contributed by atoms with Gasteiger partial charge >= 0.3 is 5.97 Å². The van der Waals surface area contributed by atoms with Crippen molar-refractivity contribution >= 4 is 23.3 Å². The molecule has 1 unspecified atom stereocenters. The number of amides is 1. The molecule has 3 aromatic rings. The summed E-state index contributed by atoms with van der Waals surface area (Å²) in [4.78, 5) is 26.3. The lowest BCUT2D eigenvalue weighted by Gasteiger charge is -2.33. The summed E-state index contributed by atoms with van der Waals surface area (Å²) in [5.74, 6) is 0.0624. The first-order valence-corrected chi connectivity index (χ1v) is 8.97. The highest BCUT2D eigenvalue weighted by atomic mass is 16.5. The second-order valence-corrected chi connectivity index (χ2v) is 6.52. The molecule has 5 heteroatoms. The lowest BCUT2D eigenvalue weighted by Crippen LogP contribution is -2.41. The third-order valence-corrected chi connectivity index (χ3v) is 4.73. The molecule has 5 nitrogen and oxygen atoms in total. The standard InChI is InChI=1S/C23H19NO4/c1-15-22(25)24(19-11-8-17(9-12-19)23(26)27-2)20-14-18(10-13-21(20)28-15)16-6-4-3-5-7-16/h3-15H,1-2H3. The Kier molecular flexibility index (Phi) is 4.57. The average Bonchev–Trinajstić information content (AvgIpc) is 2.74. The molecular weight excluding hydrogens is 354 g/mol. The van der Waals surface area contributed by atoms with E-state index in [0.29, 0.717) is 22.7 Å². The Bertz CT molecular complexity index is 1030. The summed E-state index contributed by atoms with van der Waals surface area (Å²) in [6.07, 6.45) is -0.602. The summed E-state index contributed by atoms with van der Waals surface area (Å²) in [6, 6.07) is 22.5. The van der Waals surface area contributed by atoms with Crippen LogP contribution in [0.25, 0.3) is 11.1 Å². The number of hydrogen-bond donors (Lipinski definition) is 0. The van der Waals surface area contributed by atoms with Crippen LogP contribution < -0.4 is 9.64 Å². The Morgan fingerprint density at radius 1 is 0.964 bits per heavy atom. The fraction of sp³-hybridized carbons (Fsp3) is 0.130. The maximum Gasteiger partial charge on any atom is 0.337 e. The summed E-state index contributed by atoms with van der Waals surface area (Å²) in [6.45, 7) is 1.73. The van der Waals surface area contributed by atoms with Crippen molar-refractivity contribution in [2.75, 3.05) is 12.0 Å². The number of rotatable bonds is 3. The molecule has 1 aliphatic heterocycles. The zero-order chi connectivity index (χ0) is 19.7. The highest BCUT2D eigenvalue weighted by Crippen LogP contribution is 2.41. The van der Waals surface area contributed by atoms with Crippen LogP contribution in [0.5, 0.6) is 5.75 Å². The second kappa shape index (κ2) is 7.19. The minimum atomic E-state index is -0.602. The van der Waals surface area contributed by atoms with E-state index in [0.717, 1.165) is 11.1 Å². The van der Waals surface area contributed by atoms with E-state index < -0.39 is 12.1 Å². The number of anilines is 2. The topological polar surface area (TPSA) is 55.8 Å². The van der Waals surface area contributed by atoms with Gasteiger partial charge in [0.15, 0.2) is 6.10 Å². The van der Waals surface area contributed by atoms with Crippen LogP contribution in [-0.2, 0) is 9.53 Å². The zero-order valence-electron chi connectivity index (χ0n) is 15.6. The number of carbonyl (C=O) groups excluding carboxylic acids is 2. The Hall–Kier alpha value is -3.60. The van der Waals surface area contributed by atoms with E-state index in [1.54, 1.807) is 36.1 Å². The molecule has 0 spiro atoms. The number of nitrogens with zero attached hydrogens (tertiary/aromatic N) is 1. The second-order valence-electron chi connectivity index (χ2n) is 6.52. The molecule has 1 atom stereocenters. The van der Waals surface area contributed by atoms with Gasteiger partial charge < -0.3 is 9.47 Å². The molecule has 0 radical (unpaired) electrons. The van der Waals surface area contributed by atoms with Crippen LogP contribution in [0.1, 0.15) is 17.3 Å². The minimum Gasteiger partial charge on any atom is -0.479 e. The molecule has 1 amide bonds. The molecule has 0 saturated heterocycles. The van der Waals surface area contributed by atoms with Crippen molar-refractivity contribution in [1.82, 2.24) is 0 Å². The first-order valence-electron chi connectivity index (χ1n) is 8.97. The first kappa shape index (κ1) is 17.8. The minimum absolute atomic E-state index is 0.163. The summed E-state index contributed by atoms with van der Waals surface area (Å²) in [7, 11) is 1.34. The lowest BCUT2D eigenvalue weighted by atomic mass is 10.0. The summed E-state index contributed by atoms with van der Waals surface area (Å²) in [5.41, 5.74) is 3.81. The Balaban J connectivity index is 1.79. The van der Waals surface area contributed by atoms with Gasteiger partial charge in [-0.15, -0.1) is 0 Å². The normalized spacial score (nSPS) is 15.6. The number of esters is 1. The molecule has 4 rings (SSSR count). The van der Waals surface area contributed by atoms with E-state index in [9.17, 15) is 9.59 Å². The third-order valence-electron chi connectivity index (χ3n) is 4.73. The molecule has 0 aromatic heterocycles. The van der Waals surface area contributed by atoms with Gasteiger partial charge in [-0.2, -0.15) is 0 Å². The van der Waals surface area contributed by atoms with Crippen LogP contribution in [0.3, 0.4) is 0 Å². The maximum atomic E-state index is 12.9. The number of benzene rings is 3. The molecule has 28 heavy (non-hydrogen) atoms. The SMILES string of the molecule is COC(=O)c1ccc(N2C(=O)C(C)Oc3ccc(-c4ccccc4)cc32)cc1. The molecule has 3 aromatic carbocycles. The Morgan fingerprint density at radius 2 is 1.68 bits per heavy atom. The molecule has 0 bridgehead atoms. The van der Waals surface area contributed by atoms with Gasteiger partial charge in [-0.25, -0.2) is 4.79 Å². The zero-order valence-corrected chi connectivity index (χ0v) is 15.6. The highest BCUT2D eigenvalue weighted by molar-refractivity contribution is 6.06. The van der Waals surface area contributed by atoms with Gasteiger partial charge in [-0.05, 0) is 54.4 Å². The van der Waals surface area contributed by atoms with Crippen LogP contribution in [-0.4, -0.2) is 25.1 Å². The van der Waals surface area contributed by atoms with E-state index in [4.69, 9.17) is 9.47 Å². The molecule has 0 saturated carbocycles. The number of ether oxygens (including phenoxy) is 2. The van der Waals surface area contributed by atoms with Crippen molar-refractivity contribution in [1.29, 1.82) is 0 Å². The van der Waals surface area contributed by atoms with Crippen LogP contribution in [0.15, 0.2) is 72.8 Å². The van der Waals surface area contributed by atoms with Crippen molar-refractivity contribution in [3.05, 3.63) is 78.4 Å². The van der Waals surface area contributed by atoms with Crippen LogP contribution in [0, 0.1) is 0 Å². The largest absolute Gasteiger partial charge is 0.479 e. The van der Waals surface area contributed by atoms with Crippen molar-refractivity contribution in [3.8, 4) is 16.9 Å². The monoisotopic (exact) mass is 373 g/mol. The van der Waals surface area contributed by atoms with E-state index in [-0.39, 0.29) is 5.91 Å². The van der Waals surface area contributed by atoms with E-state index in [1.165, 1.54) is 7.11 Å². The van der Waals surface area contributed by atoms with Gasteiger partial charge in [-0.1, -0.05) is 36.4 Å². The van der Waals surface area contributed by atoms with E-state index in [2.05, 4.69) is 0 Å². The van der Waals surface area contributed by atoms with Crippen molar-refractivity contribution in [2.24, 2.45) is 0 Å². The first-order chi connectivity index (χ1) is 13.6. The van der Waals surface area contributed by atoms with Gasteiger partial charge in [0.1, 0.15) is 5.75 Å². The Morgan fingerprint density at radius 3 is 2.36 bits per heavy atom. The van der Waals surface area contributed by atoms with Crippen LogP contribution in [0.2, 0.25) is 0 Å². The summed E-state index contributed by atoms with van der Waals surface area (Å²) in [5, 5.41) is 0. The third kappa shape index (κ3) is 3.11. The van der Waals surface area contributed by atoms with E-state index >= 15 is 0 Å². The maximum absolute atomic E-state index is 12.9. The van der Waals surface area contributed by atoms with Crippen molar-refractivity contribution < 1.29 is 19.1 Å². The Labute approximate surface area is 163 Å². The van der Waals surface area contributed by atoms with E-state index in [1.807, 2.05) is 48.5 Å². The molecule has 0 aliphatic carbocycles. The van der Waals surface area contributed by atoms with Crippen LogP contribution in [0.4, 0.5) is 11.4 Å². The van der Waals surface area contributed by atoms with Crippen molar-refractivity contribution in [3.63, 3.8) is 0 Å². The predicted molar refractivity (Wildman–Crippen MR) is 107 cm³/mol. The lowest BCUT2D eigenvalue weighted by molar-refractivity contribution is -0.124. The quantitative estimate of drug-likeness (QED) is 0.631. The van der Waals surface area contributed by atoms with Gasteiger partial charge in [0, 0.05) is 5.69 Å². The van der Waals surface area contributed by atoms with Gasteiger partial charge in [-0.3, -0.25) is 9.69 Å². The van der Waals surface area contributed by atoms with Gasteiger partial charge in [0.2, 0.25) is 0 Å². The number of fused-ring (bicyclic) bond motifs is 1. The fourth-order valence-corrected chi connectivity index (χ4v) is 3.27. The molecule has 1 heterocycles. The summed E-state index contributed by atoms with van der Waals surface area (Å²) < 4.78 is 10.5. The number of carbonyl (C=O) groups is 2.